The number of halogens is 1. The summed E-state index contributed by atoms with van der Waals surface area (Å²) in [5, 5.41) is 3.71. The molecule has 1 aromatic carbocycles. The molecule has 0 aromatic heterocycles. The molecule has 166 valence electrons. The van der Waals surface area contributed by atoms with E-state index in [1.807, 2.05) is 36.2 Å². The standard InChI is InChI=1S/C26H33ClN2O2/c1-25-14-12-18-16(8-11-22-26(18,2)15-13-23(30)29(22)3)17(25)9-10-19(25)24(31)28-21-7-5-4-6-20(21)27/h4-7,13,15-19,22H,8-12,14H2,1-3H3,(H,28,31)/t16-,17-,18-,19+,22?,25+,26+/m0/s1. The monoisotopic (exact) mass is 440 g/mol. The van der Waals surface area contributed by atoms with Gasteiger partial charge in [-0.2, -0.15) is 0 Å². The second-order valence-corrected chi connectivity index (χ2v) is 11.2. The molecule has 31 heavy (non-hydrogen) atoms. The lowest BCUT2D eigenvalue weighted by atomic mass is 9.47. The minimum atomic E-state index is 0.0337. The summed E-state index contributed by atoms with van der Waals surface area (Å²) in [5.41, 5.74) is 0.795. The Bertz CT molecular complexity index is 945. The summed E-state index contributed by atoms with van der Waals surface area (Å²) < 4.78 is 0. The average molecular weight is 441 g/mol. The lowest BCUT2D eigenvalue weighted by molar-refractivity contribution is -0.141. The minimum Gasteiger partial charge on any atom is -0.338 e. The molecule has 0 bridgehead atoms. The van der Waals surface area contributed by atoms with Crippen molar-refractivity contribution < 1.29 is 9.59 Å². The highest BCUT2D eigenvalue weighted by atomic mass is 35.5. The van der Waals surface area contributed by atoms with Gasteiger partial charge >= 0.3 is 0 Å². The molecular formula is C26H33ClN2O2. The molecule has 1 aromatic rings. The maximum atomic E-state index is 13.3. The Morgan fingerprint density at radius 2 is 1.87 bits per heavy atom. The number of benzene rings is 1. The number of hydrogen-bond donors (Lipinski definition) is 1. The van der Waals surface area contributed by atoms with Gasteiger partial charge in [0.2, 0.25) is 11.8 Å². The van der Waals surface area contributed by atoms with Gasteiger partial charge in [0.05, 0.1) is 10.7 Å². The summed E-state index contributed by atoms with van der Waals surface area (Å²) in [6.07, 6.45) is 10.5. The number of fused-ring (bicyclic) bond motifs is 5. The van der Waals surface area contributed by atoms with Crippen molar-refractivity contribution >= 4 is 29.1 Å². The van der Waals surface area contributed by atoms with Crippen LogP contribution in [-0.4, -0.2) is 29.8 Å². The summed E-state index contributed by atoms with van der Waals surface area (Å²) in [6, 6.07) is 7.79. The first-order chi connectivity index (χ1) is 14.8. The lowest BCUT2D eigenvalue weighted by Crippen LogP contribution is -2.59. The number of nitrogens with zero attached hydrogens (tertiary/aromatic N) is 1. The van der Waals surface area contributed by atoms with Crippen molar-refractivity contribution in [2.45, 2.75) is 58.4 Å². The van der Waals surface area contributed by atoms with E-state index in [0.29, 0.717) is 34.5 Å². The molecule has 1 aliphatic heterocycles. The molecule has 2 amide bonds. The second kappa shape index (κ2) is 7.37. The molecule has 1 heterocycles. The fraction of sp³-hybridized carbons (Fsp3) is 0.615. The highest BCUT2D eigenvalue weighted by molar-refractivity contribution is 6.33. The zero-order chi connectivity index (χ0) is 22.0. The van der Waals surface area contributed by atoms with Crippen molar-refractivity contribution in [1.82, 2.24) is 4.90 Å². The van der Waals surface area contributed by atoms with Gasteiger partial charge in [-0.15, -0.1) is 0 Å². The normalized spacial score (nSPS) is 41.4. The molecule has 3 saturated carbocycles. The molecule has 5 heteroatoms. The van der Waals surface area contributed by atoms with Crippen LogP contribution in [0.15, 0.2) is 36.4 Å². The van der Waals surface area contributed by atoms with Crippen molar-refractivity contribution in [3.8, 4) is 0 Å². The Morgan fingerprint density at radius 3 is 2.65 bits per heavy atom. The molecule has 4 aliphatic rings. The number of hydrogen-bond acceptors (Lipinski definition) is 2. The quantitative estimate of drug-likeness (QED) is 0.656. The minimum absolute atomic E-state index is 0.0337. The van der Waals surface area contributed by atoms with Crippen LogP contribution in [0.3, 0.4) is 0 Å². The van der Waals surface area contributed by atoms with E-state index in [2.05, 4.69) is 25.2 Å². The molecule has 1 unspecified atom stereocenters. The van der Waals surface area contributed by atoms with E-state index in [4.69, 9.17) is 11.6 Å². The molecule has 0 saturated heterocycles. The topological polar surface area (TPSA) is 49.4 Å². The van der Waals surface area contributed by atoms with Crippen molar-refractivity contribution in [3.63, 3.8) is 0 Å². The van der Waals surface area contributed by atoms with Gasteiger partial charge in [-0.1, -0.05) is 43.7 Å². The second-order valence-electron chi connectivity index (χ2n) is 10.8. The smallest absolute Gasteiger partial charge is 0.246 e. The van der Waals surface area contributed by atoms with Gasteiger partial charge in [-0.3, -0.25) is 9.59 Å². The number of rotatable bonds is 2. The van der Waals surface area contributed by atoms with Gasteiger partial charge in [-0.05, 0) is 79.9 Å². The third-order valence-electron chi connectivity index (χ3n) is 9.58. The maximum Gasteiger partial charge on any atom is 0.246 e. The van der Waals surface area contributed by atoms with E-state index in [-0.39, 0.29) is 28.6 Å². The molecule has 3 aliphatic carbocycles. The highest BCUT2D eigenvalue weighted by Crippen LogP contribution is 2.65. The Morgan fingerprint density at radius 1 is 1.10 bits per heavy atom. The summed E-state index contributed by atoms with van der Waals surface area (Å²) in [6.45, 7) is 4.73. The number of carbonyl (C=O) groups excluding carboxylic acids is 2. The van der Waals surface area contributed by atoms with Gasteiger partial charge in [0.25, 0.3) is 0 Å². The Hall–Kier alpha value is -1.81. The van der Waals surface area contributed by atoms with Crippen LogP contribution in [0, 0.1) is 34.5 Å². The van der Waals surface area contributed by atoms with Crippen LogP contribution < -0.4 is 5.32 Å². The Labute approximate surface area is 190 Å². The molecule has 5 rings (SSSR count). The first kappa shape index (κ1) is 21.1. The zero-order valence-corrected chi connectivity index (χ0v) is 19.5. The summed E-state index contributed by atoms with van der Waals surface area (Å²) in [7, 11) is 1.96. The van der Waals surface area contributed by atoms with E-state index < -0.39 is 0 Å². The van der Waals surface area contributed by atoms with Crippen LogP contribution in [0.4, 0.5) is 5.69 Å². The number of likely N-dealkylation sites (N-methyl/N-ethyl adjacent to an activating group) is 1. The van der Waals surface area contributed by atoms with E-state index in [1.165, 1.54) is 0 Å². The number of nitrogens with one attached hydrogen (secondary N) is 1. The Kier molecular flexibility index (Phi) is 5.00. The van der Waals surface area contributed by atoms with Crippen molar-refractivity contribution in [2.24, 2.45) is 34.5 Å². The van der Waals surface area contributed by atoms with Crippen molar-refractivity contribution in [3.05, 3.63) is 41.4 Å². The molecule has 0 spiro atoms. The first-order valence-electron chi connectivity index (χ1n) is 11.8. The lowest BCUT2D eigenvalue weighted by Gasteiger charge is -2.60. The Balaban J connectivity index is 1.38. The number of anilines is 1. The largest absolute Gasteiger partial charge is 0.338 e. The summed E-state index contributed by atoms with van der Waals surface area (Å²) in [4.78, 5) is 27.6. The van der Waals surface area contributed by atoms with Crippen molar-refractivity contribution in [2.75, 3.05) is 12.4 Å². The van der Waals surface area contributed by atoms with Gasteiger partial charge < -0.3 is 10.2 Å². The SMILES string of the molecule is CN1C(=O)C=C[C@@]2(C)C1CC[C@H]1[C@@H]3CC[C@H](C(=O)Nc4ccccc4Cl)[C@]3(C)CC[C@@H]12. The van der Waals surface area contributed by atoms with Gasteiger partial charge in [-0.25, -0.2) is 0 Å². The molecular weight excluding hydrogens is 408 g/mol. The van der Waals surface area contributed by atoms with Crippen LogP contribution in [0.2, 0.25) is 5.02 Å². The van der Waals surface area contributed by atoms with E-state index in [0.717, 1.165) is 38.5 Å². The van der Waals surface area contributed by atoms with Gasteiger partial charge in [0, 0.05) is 24.4 Å². The number of amides is 2. The van der Waals surface area contributed by atoms with Gasteiger partial charge in [0.15, 0.2) is 0 Å². The van der Waals surface area contributed by atoms with Crippen LogP contribution in [0.25, 0.3) is 0 Å². The van der Waals surface area contributed by atoms with E-state index >= 15 is 0 Å². The van der Waals surface area contributed by atoms with Crippen LogP contribution >= 0.6 is 11.6 Å². The molecule has 1 N–H and O–H groups in total. The fourth-order valence-corrected chi connectivity index (χ4v) is 8.13. The highest BCUT2D eigenvalue weighted by Gasteiger charge is 2.61. The fourth-order valence-electron chi connectivity index (χ4n) is 7.95. The van der Waals surface area contributed by atoms with Crippen LogP contribution in [0.5, 0.6) is 0 Å². The van der Waals surface area contributed by atoms with E-state index in [9.17, 15) is 9.59 Å². The molecule has 4 nitrogen and oxygen atoms in total. The number of carbonyl (C=O) groups is 2. The molecule has 3 fully saturated rings. The average Bonchev–Trinajstić information content (AvgIpc) is 3.10. The predicted molar refractivity (Wildman–Crippen MR) is 124 cm³/mol. The molecule has 0 radical (unpaired) electrons. The zero-order valence-electron chi connectivity index (χ0n) is 18.7. The van der Waals surface area contributed by atoms with Gasteiger partial charge in [0.1, 0.15) is 0 Å². The maximum absolute atomic E-state index is 13.3. The molecule has 7 atom stereocenters. The van der Waals surface area contributed by atoms with Crippen molar-refractivity contribution in [1.29, 1.82) is 0 Å². The third kappa shape index (κ3) is 3.08. The first-order valence-corrected chi connectivity index (χ1v) is 12.1. The van der Waals surface area contributed by atoms with E-state index in [1.54, 1.807) is 6.08 Å². The summed E-state index contributed by atoms with van der Waals surface area (Å²) in [5.74, 6) is 2.08. The predicted octanol–water partition coefficient (Wildman–Crippen LogP) is 5.53. The van der Waals surface area contributed by atoms with Crippen LogP contribution in [0.1, 0.15) is 52.4 Å². The summed E-state index contributed by atoms with van der Waals surface area (Å²) >= 11 is 6.29. The third-order valence-corrected chi connectivity index (χ3v) is 9.91. The van der Waals surface area contributed by atoms with Crippen LogP contribution in [-0.2, 0) is 9.59 Å². The number of para-hydroxylation sites is 1.